The van der Waals surface area contributed by atoms with Gasteiger partial charge in [0.05, 0.1) is 18.7 Å². The van der Waals surface area contributed by atoms with Crippen molar-refractivity contribution in [1.82, 2.24) is 9.36 Å². The van der Waals surface area contributed by atoms with Crippen LogP contribution in [-0.2, 0) is 24.8 Å². The normalized spacial score (nSPS) is 10.7. The summed E-state index contributed by atoms with van der Waals surface area (Å²) in [5.74, 6) is -0.468. The Balaban J connectivity index is 2.07. The summed E-state index contributed by atoms with van der Waals surface area (Å²) in [6.45, 7) is 2.42. The molecule has 26 heavy (non-hydrogen) atoms. The quantitative estimate of drug-likeness (QED) is 0.642. The van der Waals surface area contributed by atoms with Crippen molar-refractivity contribution in [3.8, 4) is 0 Å². The minimum atomic E-state index is -0.468. The van der Waals surface area contributed by atoms with E-state index in [1.54, 1.807) is 23.3 Å². The van der Waals surface area contributed by atoms with E-state index < -0.39 is 5.97 Å². The summed E-state index contributed by atoms with van der Waals surface area (Å²) < 4.78 is 8.39. The van der Waals surface area contributed by atoms with Crippen molar-refractivity contribution in [2.45, 2.75) is 19.9 Å². The van der Waals surface area contributed by atoms with Crippen LogP contribution >= 0.6 is 0 Å². The molecule has 0 amide bonds. The third-order valence-electron chi connectivity index (χ3n) is 4.33. The first-order valence-electron chi connectivity index (χ1n) is 8.65. The van der Waals surface area contributed by atoms with Crippen LogP contribution in [0.5, 0.6) is 0 Å². The number of carbonyl (C=O) groups excluding carboxylic acids is 1. The molecule has 1 aromatic heterocycles. The SMILES string of the molecule is CCOC(=O)c1c(Cc2ccccc2)c(=O)n(Cc2ccccc2)n1C. The second-order valence-corrected chi connectivity index (χ2v) is 6.08. The van der Waals surface area contributed by atoms with E-state index in [4.69, 9.17) is 4.74 Å². The molecule has 1 heterocycles. The number of ether oxygens (including phenoxy) is 1. The first kappa shape index (κ1) is 17.7. The third kappa shape index (κ3) is 3.61. The summed E-state index contributed by atoms with van der Waals surface area (Å²) in [5.41, 5.74) is 2.59. The van der Waals surface area contributed by atoms with Gasteiger partial charge in [0.1, 0.15) is 0 Å². The zero-order valence-corrected chi connectivity index (χ0v) is 15.0. The van der Waals surface area contributed by atoms with E-state index in [0.717, 1.165) is 11.1 Å². The highest BCUT2D eigenvalue weighted by Crippen LogP contribution is 2.14. The minimum absolute atomic E-state index is 0.164. The van der Waals surface area contributed by atoms with Crippen molar-refractivity contribution in [3.05, 3.63) is 93.4 Å². The van der Waals surface area contributed by atoms with E-state index >= 15 is 0 Å². The van der Waals surface area contributed by atoms with Crippen LogP contribution in [0.15, 0.2) is 65.5 Å². The predicted octanol–water partition coefficient (Wildman–Crippen LogP) is 3.00. The number of hydrogen-bond acceptors (Lipinski definition) is 3. The summed E-state index contributed by atoms with van der Waals surface area (Å²) in [6.07, 6.45) is 0.392. The number of hydrogen-bond donors (Lipinski definition) is 0. The topological polar surface area (TPSA) is 53.2 Å². The number of benzene rings is 2. The van der Waals surface area contributed by atoms with Crippen molar-refractivity contribution in [1.29, 1.82) is 0 Å². The molecule has 2 aromatic carbocycles. The lowest BCUT2D eigenvalue weighted by Crippen LogP contribution is -2.23. The molecule has 0 aliphatic carbocycles. The Labute approximate surface area is 152 Å². The molecule has 0 saturated carbocycles. The largest absolute Gasteiger partial charge is 0.461 e. The number of carbonyl (C=O) groups is 1. The molecule has 0 fully saturated rings. The molecular formula is C21H22N2O3. The first-order chi connectivity index (χ1) is 12.6. The zero-order valence-electron chi connectivity index (χ0n) is 15.0. The molecule has 3 rings (SSSR count). The van der Waals surface area contributed by atoms with Gasteiger partial charge in [-0.15, -0.1) is 0 Å². The van der Waals surface area contributed by atoms with Crippen molar-refractivity contribution in [2.75, 3.05) is 6.61 Å². The Morgan fingerprint density at radius 1 is 0.962 bits per heavy atom. The Bertz CT molecular complexity index is 941. The average molecular weight is 350 g/mol. The van der Waals surface area contributed by atoms with Gasteiger partial charge < -0.3 is 4.74 Å². The van der Waals surface area contributed by atoms with E-state index in [9.17, 15) is 9.59 Å². The molecule has 0 unspecified atom stereocenters. The highest BCUT2D eigenvalue weighted by Gasteiger charge is 2.24. The van der Waals surface area contributed by atoms with Gasteiger partial charge in [0.15, 0.2) is 5.69 Å². The fraction of sp³-hybridized carbons (Fsp3) is 0.238. The molecule has 0 aliphatic rings. The van der Waals surface area contributed by atoms with Crippen LogP contribution in [-0.4, -0.2) is 21.9 Å². The van der Waals surface area contributed by atoms with Crippen LogP contribution in [0.2, 0.25) is 0 Å². The van der Waals surface area contributed by atoms with Crippen molar-refractivity contribution in [2.24, 2.45) is 7.05 Å². The Morgan fingerprint density at radius 3 is 2.12 bits per heavy atom. The summed E-state index contributed by atoms with van der Waals surface area (Å²) in [5, 5.41) is 0. The average Bonchev–Trinajstić information content (AvgIpc) is 2.88. The predicted molar refractivity (Wildman–Crippen MR) is 100 cm³/mol. The highest BCUT2D eigenvalue weighted by atomic mass is 16.5. The van der Waals surface area contributed by atoms with Gasteiger partial charge in [-0.05, 0) is 18.1 Å². The minimum Gasteiger partial charge on any atom is -0.461 e. The molecule has 0 spiro atoms. The monoisotopic (exact) mass is 350 g/mol. The molecule has 0 N–H and O–H groups in total. The van der Waals surface area contributed by atoms with Crippen LogP contribution in [0.1, 0.15) is 34.1 Å². The molecule has 0 aliphatic heterocycles. The third-order valence-corrected chi connectivity index (χ3v) is 4.33. The van der Waals surface area contributed by atoms with Gasteiger partial charge in [0.25, 0.3) is 5.56 Å². The first-order valence-corrected chi connectivity index (χ1v) is 8.65. The number of aromatic nitrogens is 2. The van der Waals surface area contributed by atoms with Crippen molar-refractivity contribution in [3.63, 3.8) is 0 Å². The second-order valence-electron chi connectivity index (χ2n) is 6.08. The standard InChI is InChI=1S/C21H22N2O3/c1-3-26-21(25)19-18(14-16-10-6-4-7-11-16)20(24)23(22(19)2)15-17-12-8-5-9-13-17/h4-13H,3,14-15H2,1-2H3. The molecule has 134 valence electrons. The van der Waals surface area contributed by atoms with Crippen LogP contribution < -0.4 is 5.56 Å². The fourth-order valence-corrected chi connectivity index (χ4v) is 3.06. The lowest BCUT2D eigenvalue weighted by Gasteiger charge is -2.10. The van der Waals surface area contributed by atoms with Gasteiger partial charge in [-0.25, -0.2) is 9.48 Å². The number of nitrogens with zero attached hydrogens (tertiary/aromatic N) is 2. The van der Waals surface area contributed by atoms with Gasteiger partial charge in [-0.1, -0.05) is 60.7 Å². The molecule has 5 nitrogen and oxygen atoms in total. The maximum Gasteiger partial charge on any atom is 0.356 e. The Hall–Kier alpha value is -3.08. The van der Waals surface area contributed by atoms with E-state index in [1.165, 1.54) is 0 Å². The Kier molecular flexibility index (Phi) is 5.37. The molecule has 0 atom stereocenters. The molecule has 0 radical (unpaired) electrons. The van der Waals surface area contributed by atoms with Gasteiger partial charge in [0.2, 0.25) is 0 Å². The van der Waals surface area contributed by atoms with Gasteiger partial charge >= 0.3 is 5.97 Å². The van der Waals surface area contributed by atoms with Crippen LogP contribution in [0.3, 0.4) is 0 Å². The van der Waals surface area contributed by atoms with Gasteiger partial charge in [0, 0.05) is 13.5 Å². The van der Waals surface area contributed by atoms with Gasteiger partial charge in [-0.3, -0.25) is 9.48 Å². The lowest BCUT2D eigenvalue weighted by atomic mass is 10.1. The van der Waals surface area contributed by atoms with Crippen LogP contribution in [0.4, 0.5) is 0 Å². The second kappa shape index (κ2) is 7.87. The van der Waals surface area contributed by atoms with Crippen LogP contribution in [0, 0.1) is 0 Å². The number of esters is 1. The fourth-order valence-electron chi connectivity index (χ4n) is 3.06. The molecule has 0 bridgehead atoms. The lowest BCUT2D eigenvalue weighted by molar-refractivity contribution is 0.0510. The molecular weight excluding hydrogens is 328 g/mol. The Morgan fingerprint density at radius 2 is 1.54 bits per heavy atom. The maximum atomic E-state index is 13.1. The highest BCUT2D eigenvalue weighted by molar-refractivity contribution is 5.89. The van der Waals surface area contributed by atoms with Crippen molar-refractivity contribution >= 4 is 5.97 Å². The molecule has 0 saturated heterocycles. The van der Waals surface area contributed by atoms with E-state index in [0.29, 0.717) is 24.2 Å². The summed E-state index contributed by atoms with van der Waals surface area (Å²) in [6, 6.07) is 19.4. The van der Waals surface area contributed by atoms with E-state index in [2.05, 4.69) is 0 Å². The van der Waals surface area contributed by atoms with Crippen molar-refractivity contribution < 1.29 is 9.53 Å². The van der Waals surface area contributed by atoms with Gasteiger partial charge in [-0.2, -0.15) is 0 Å². The van der Waals surface area contributed by atoms with E-state index in [-0.39, 0.29) is 12.2 Å². The summed E-state index contributed by atoms with van der Waals surface area (Å²) in [4.78, 5) is 25.6. The van der Waals surface area contributed by atoms with Crippen LogP contribution in [0.25, 0.3) is 0 Å². The summed E-state index contributed by atoms with van der Waals surface area (Å²) in [7, 11) is 1.73. The molecule has 5 heteroatoms. The smallest absolute Gasteiger partial charge is 0.356 e. The maximum absolute atomic E-state index is 13.1. The van der Waals surface area contributed by atoms with E-state index in [1.807, 2.05) is 60.7 Å². The number of rotatable bonds is 6. The molecule has 3 aromatic rings. The zero-order chi connectivity index (χ0) is 18.5. The summed E-state index contributed by atoms with van der Waals surface area (Å²) >= 11 is 0.